The van der Waals surface area contributed by atoms with Gasteiger partial charge in [0.15, 0.2) is 5.96 Å². The van der Waals surface area contributed by atoms with Crippen LogP contribution in [-0.2, 0) is 13.1 Å². The van der Waals surface area contributed by atoms with Crippen molar-refractivity contribution in [2.45, 2.75) is 20.0 Å². The first-order valence-corrected chi connectivity index (χ1v) is 8.61. The highest BCUT2D eigenvalue weighted by atomic mass is 127. The Kier molecular flexibility index (Phi) is 8.05. The van der Waals surface area contributed by atoms with Crippen LogP contribution >= 0.6 is 35.6 Å². The molecule has 2 aromatic carbocycles. The maximum atomic E-state index is 6.00. The van der Waals surface area contributed by atoms with Crippen LogP contribution < -0.4 is 10.6 Å². The summed E-state index contributed by atoms with van der Waals surface area (Å²) >= 11 is 6.00. The number of aliphatic imine (C=N–C) groups is 1. The van der Waals surface area contributed by atoms with Gasteiger partial charge in [0.2, 0.25) is 11.7 Å². The molecule has 3 rings (SSSR count). The minimum Gasteiger partial charge on any atom is -0.352 e. The number of rotatable bonds is 5. The van der Waals surface area contributed by atoms with Crippen molar-refractivity contribution in [3.63, 3.8) is 0 Å². The number of benzene rings is 2. The monoisotopic (exact) mass is 497 g/mol. The van der Waals surface area contributed by atoms with Gasteiger partial charge in [-0.15, -0.1) is 24.0 Å². The van der Waals surface area contributed by atoms with Crippen LogP contribution in [0.2, 0.25) is 5.02 Å². The van der Waals surface area contributed by atoms with Crippen LogP contribution in [0, 0.1) is 6.92 Å². The molecule has 0 bridgehead atoms. The van der Waals surface area contributed by atoms with Gasteiger partial charge in [-0.25, -0.2) is 0 Å². The molecule has 8 heteroatoms. The van der Waals surface area contributed by atoms with Crippen LogP contribution in [0.4, 0.5) is 0 Å². The third-order valence-electron chi connectivity index (χ3n) is 3.89. The zero-order chi connectivity index (χ0) is 18.4. The zero-order valence-electron chi connectivity index (χ0n) is 15.1. The van der Waals surface area contributed by atoms with Crippen LogP contribution in [0.15, 0.2) is 58.0 Å². The first kappa shape index (κ1) is 21.2. The first-order valence-electron chi connectivity index (χ1n) is 8.23. The molecule has 27 heavy (non-hydrogen) atoms. The lowest BCUT2D eigenvalue weighted by Gasteiger charge is -2.11. The van der Waals surface area contributed by atoms with Gasteiger partial charge in [-0.1, -0.05) is 53.2 Å². The van der Waals surface area contributed by atoms with Gasteiger partial charge >= 0.3 is 0 Å². The predicted octanol–water partition coefficient (Wildman–Crippen LogP) is 4.18. The van der Waals surface area contributed by atoms with Crippen LogP contribution in [-0.4, -0.2) is 23.1 Å². The molecule has 1 aromatic heterocycles. The minimum atomic E-state index is 0. The van der Waals surface area contributed by atoms with Crippen molar-refractivity contribution in [2.24, 2.45) is 4.99 Å². The van der Waals surface area contributed by atoms with E-state index >= 15 is 0 Å². The van der Waals surface area contributed by atoms with Crippen LogP contribution in [0.1, 0.15) is 17.0 Å². The van der Waals surface area contributed by atoms with Crippen molar-refractivity contribution in [1.29, 1.82) is 0 Å². The Hall–Kier alpha value is -2.13. The van der Waals surface area contributed by atoms with Crippen molar-refractivity contribution in [3.8, 4) is 11.4 Å². The number of halogens is 2. The number of nitrogens with zero attached hydrogens (tertiary/aromatic N) is 3. The number of aryl methyl sites for hydroxylation is 1. The van der Waals surface area contributed by atoms with Crippen molar-refractivity contribution >= 4 is 41.5 Å². The fourth-order valence-electron chi connectivity index (χ4n) is 2.44. The van der Waals surface area contributed by atoms with E-state index in [4.69, 9.17) is 16.1 Å². The van der Waals surface area contributed by atoms with E-state index in [1.165, 1.54) is 11.1 Å². The highest BCUT2D eigenvalue weighted by Crippen LogP contribution is 2.19. The van der Waals surface area contributed by atoms with E-state index in [-0.39, 0.29) is 24.0 Å². The molecule has 0 atom stereocenters. The number of nitrogens with one attached hydrogen (secondary N) is 2. The third kappa shape index (κ3) is 5.93. The summed E-state index contributed by atoms with van der Waals surface area (Å²) < 4.78 is 5.29. The molecule has 0 spiro atoms. The molecule has 0 aliphatic carbocycles. The van der Waals surface area contributed by atoms with Gasteiger partial charge in [-0.3, -0.25) is 4.99 Å². The van der Waals surface area contributed by atoms with E-state index in [1.54, 1.807) is 19.2 Å². The molecule has 0 saturated heterocycles. The molecule has 0 saturated carbocycles. The maximum Gasteiger partial charge on any atom is 0.246 e. The molecule has 0 unspecified atom stereocenters. The van der Waals surface area contributed by atoms with Crippen molar-refractivity contribution < 1.29 is 4.52 Å². The fraction of sp³-hybridized carbons (Fsp3) is 0.211. The molecular weight excluding hydrogens is 477 g/mol. The van der Waals surface area contributed by atoms with Gasteiger partial charge < -0.3 is 15.2 Å². The summed E-state index contributed by atoms with van der Waals surface area (Å²) in [5, 5.41) is 11.1. The Bertz CT molecular complexity index is 912. The standard InChI is InChI=1S/C19H20ClN5O.HI/c1-13-6-3-4-7-15(13)11-22-19(21-2)23-12-17-24-18(25-26-17)14-8-5-9-16(20)10-14;/h3-10H,11-12H2,1-2H3,(H2,21,22,23);1H. The Morgan fingerprint density at radius 3 is 2.63 bits per heavy atom. The minimum absolute atomic E-state index is 0. The normalized spacial score (nSPS) is 11.0. The van der Waals surface area contributed by atoms with Gasteiger partial charge in [-0.05, 0) is 30.2 Å². The van der Waals surface area contributed by atoms with Crippen molar-refractivity contribution in [3.05, 3.63) is 70.6 Å². The second-order valence-electron chi connectivity index (χ2n) is 5.73. The van der Waals surface area contributed by atoms with Gasteiger partial charge in [0.25, 0.3) is 0 Å². The molecular formula is C19H21ClIN5O. The molecule has 1 heterocycles. The highest BCUT2D eigenvalue weighted by Gasteiger charge is 2.09. The number of hydrogen-bond donors (Lipinski definition) is 2. The summed E-state index contributed by atoms with van der Waals surface area (Å²) in [6.07, 6.45) is 0. The predicted molar refractivity (Wildman–Crippen MR) is 118 cm³/mol. The molecule has 0 amide bonds. The molecule has 6 nitrogen and oxygen atoms in total. The van der Waals surface area contributed by atoms with Crippen molar-refractivity contribution in [2.75, 3.05) is 7.05 Å². The second kappa shape index (κ2) is 10.3. The lowest BCUT2D eigenvalue weighted by molar-refractivity contribution is 0.375. The first-order chi connectivity index (χ1) is 12.7. The lowest BCUT2D eigenvalue weighted by Crippen LogP contribution is -2.36. The summed E-state index contributed by atoms with van der Waals surface area (Å²) in [5.41, 5.74) is 3.27. The SMILES string of the molecule is CN=C(NCc1nc(-c2cccc(Cl)c2)no1)NCc1ccccc1C.I. The lowest BCUT2D eigenvalue weighted by atomic mass is 10.1. The van der Waals surface area contributed by atoms with Crippen LogP contribution in [0.5, 0.6) is 0 Å². The number of hydrogen-bond acceptors (Lipinski definition) is 4. The summed E-state index contributed by atoms with van der Waals surface area (Å²) in [6.45, 7) is 3.15. The molecule has 0 fully saturated rings. The zero-order valence-corrected chi connectivity index (χ0v) is 18.2. The summed E-state index contributed by atoms with van der Waals surface area (Å²) in [4.78, 5) is 8.59. The Morgan fingerprint density at radius 1 is 1.11 bits per heavy atom. The topological polar surface area (TPSA) is 75.3 Å². The Balaban J connectivity index is 0.00000261. The average Bonchev–Trinajstić information content (AvgIpc) is 3.12. The molecule has 142 valence electrons. The van der Waals surface area contributed by atoms with E-state index < -0.39 is 0 Å². The van der Waals surface area contributed by atoms with Gasteiger partial charge in [-0.2, -0.15) is 4.98 Å². The highest BCUT2D eigenvalue weighted by molar-refractivity contribution is 14.0. The second-order valence-corrected chi connectivity index (χ2v) is 6.16. The van der Waals surface area contributed by atoms with Gasteiger partial charge in [0.1, 0.15) is 0 Å². The molecule has 2 N–H and O–H groups in total. The van der Waals surface area contributed by atoms with Gasteiger partial charge in [0.05, 0.1) is 6.54 Å². The molecule has 0 radical (unpaired) electrons. The largest absolute Gasteiger partial charge is 0.352 e. The Morgan fingerprint density at radius 2 is 1.89 bits per heavy atom. The maximum absolute atomic E-state index is 6.00. The number of guanidine groups is 1. The van der Waals surface area contributed by atoms with E-state index in [2.05, 4.69) is 44.8 Å². The van der Waals surface area contributed by atoms with Crippen LogP contribution in [0.3, 0.4) is 0 Å². The van der Waals surface area contributed by atoms with E-state index in [0.29, 0.717) is 35.8 Å². The summed E-state index contributed by atoms with van der Waals surface area (Å²) in [6, 6.07) is 15.6. The van der Waals surface area contributed by atoms with Crippen LogP contribution in [0.25, 0.3) is 11.4 Å². The average molecular weight is 498 g/mol. The van der Waals surface area contributed by atoms with E-state index in [9.17, 15) is 0 Å². The molecule has 3 aromatic rings. The molecule has 0 aliphatic rings. The smallest absolute Gasteiger partial charge is 0.246 e. The summed E-state index contributed by atoms with van der Waals surface area (Å²) in [5.74, 6) is 1.64. The quantitative estimate of drug-likeness (QED) is 0.314. The Labute approximate surface area is 180 Å². The van der Waals surface area contributed by atoms with Gasteiger partial charge in [0, 0.05) is 24.2 Å². The summed E-state index contributed by atoms with van der Waals surface area (Å²) in [7, 11) is 1.72. The number of aromatic nitrogens is 2. The van der Waals surface area contributed by atoms with Crippen molar-refractivity contribution in [1.82, 2.24) is 20.8 Å². The van der Waals surface area contributed by atoms with E-state index in [0.717, 1.165) is 5.56 Å². The van der Waals surface area contributed by atoms with E-state index in [1.807, 2.05) is 24.3 Å². The fourth-order valence-corrected chi connectivity index (χ4v) is 2.63. The molecule has 0 aliphatic heterocycles. The third-order valence-corrected chi connectivity index (χ3v) is 4.12.